The van der Waals surface area contributed by atoms with E-state index in [-0.39, 0.29) is 30.7 Å². The second-order valence-electron chi connectivity index (χ2n) is 6.82. The van der Waals surface area contributed by atoms with E-state index in [9.17, 15) is 4.79 Å². The number of nitrogens with two attached hydrogens (primary N) is 1. The van der Waals surface area contributed by atoms with Crippen molar-refractivity contribution in [2.45, 2.75) is 31.8 Å². The lowest BCUT2D eigenvalue weighted by atomic mass is 10.1. The van der Waals surface area contributed by atoms with E-state index in [0.29, 0.717) is 38.2 Å². The normalized spacial score (nSPS) is 13.6. The van der Waals surface area contributed by atoms with Crippen molar-refractivity contribution >= 4 is 30.7 Å². The zero-order chi connectivity index (χ0) is 18.6. The monoisotopic (exact) mass is 434 g/mol. The molecule has 0 aliphatic carbocycles. The molecule has 4 rings (SSSR count). The van der Waals surface area contributed by atoms with Crippen molar-refractivity contribution in [3.8, 4) is 0 Å². The molecule has 0 radical (unpaired) electrons. The molecule has 0 spiro atoms. The maximum atomic E-state index is 12.7. The molecule has 1 aliphatic rings. The van der Waals surface area contributed by atoms with Gasteiger partial charge in [-0.1, -0.05) is 30.3 Å². The molecule has 3 aromatic rings. The topological polar surface area (TPSA) is 85.2 Å². The molecule has 0 bridgehead atoms. The van der Waals surface area contributed by atoms with Gasteiger partial charge in [-0.2, -0.15) is 0 Å². The summed E-state index contributed by atoms with van der Waals surface area (Å²) in [6.07, 6.45) is 5.25. The number of rotatable bonds is 5. The number of halogens is 2. The fourth-order valence-electron chi connectivity index (χ4n) is 3.38. The van der Waals surface area contributed by atoms with Crippen LogP contribution in [0.4, 0.5) is 0 Å². The van der Waals surface area contributed by atoms with Crippen molar-refractivity contribution in [2.75, 3.05) is 6.54 Å². The molecule has 0 fully saturated rings. The Bertz CT molecular complexity index is 919. The first-order valence-electron chi connectivity index (χ1n) is 9.13. The predicted molar refractivity (Wildman–Crippen MR) is 115 cm³/mol. The molecule has 0 saturated heterocycles. The Morgan fingerprint density at radius 3 is 2.55 bits per heavy atom. The first-order valence-corrected chi connectivity index (χ1v) is 9.13. The largest absolute Gasteiger partial charge is 0.445 e. The second-order valence-corrected chi connectivity index (χ2v) is 6.82. The SMILES string of the molecule is Cl.Cl.N[C@H](Cc1ccncc1)C(=O)N1CCc2oc(Cc3ccccc3)nc2C1. The molecule has 1 aromatic carbocycles. The van der Waals surface area contributed by atoms with E-state index in [1.807, 2.05) is 30.3 Å². The smallest absolute Gasteiger partial charge is 0.240 e. The highest BCUT2D eigenvalue weighted by molar-refractivity contribution is 5.85. The number of fused-ring (bicyclic) bond motifs is 1. The molecule has 2 N–H and O–H groups in total. The lowest BCUT2D eigenvalue weighted by Gasteiger charge is -2.28. The van der Waals surface area contributed by atoms with Crippen LogP contribution in [0, 0.1) is 0 Å². The average Bonchev–Trinajstić information content (AvgIpc) is 3.10. The Balaban J connectivity index is 0.00000150. The van der Waals surface area contributed by atoms with Crippen LogP contribution in [0.1, 0.15) is 28.5 Å². The fourth-order valence-corrected chi connectivity index (χ4v) is 3.38. The lowest BCUT2D eigenvalue weighted by molar-refractivity contribution is -0.133. The summed E-state index contributed by atoms with van der Waals surface area (Å²) in [6, 6.07) is 13.3. The quantitative estimate of drug-likeness (QED) is 0.666. The molecule has 1 aliphatic heterocycles. The van der Waals surface area contributed by atoms with E-state index >= 15 is 0 Å². The van der Waals surface area contributed by atoms with Gasteiger partial charge in [0.2, 0.25) is 5.91 Å². The van der Waals surface area contributed by atoms with Gasteiger partial charge in [-0.15, -0.1) is 24.8 Å². The third-order valence-electron chi connectivity index (χ3n) is 4.80. The number of hydrogen-bond donors (Lipinski definition) is 1. The zero-order valence-electron chi connectivity index (χ0n) is 15.9. The summed E-state index contributed by atoms with van der Waals surface area (Å²) in [7, 11) is 0. The third-order valence-corrected chi connectivity index (χ3v) is 4.80. The average molecular weight is 435 g/mol. The summed E-state index contributed by atoms with van der Waals surface area (Å²) in [5.41, 5.74) is 9.16. The molecular weight excluding hydrogens is 411 g/mol. The number of hydrogen-bond acceptors (Lipinski definition) is 5. The Morgan fingerprint density at radius 1 is 1.10 bits per heavy atom. The van der Waals surface area contributed by atoms with Crippen molar-refractivity contribution in [1.29, 1.82) is 0 Å². The molecule has 1 amide bonds. The lowest BCUT2D eigenvalue weighted by Crippen LogP contribution is -2.46. The van der Waals surface area contributed by atoms with Crippen molar-refractivity contribution in [2.24, 2.45) is 5.73 Å². The van der Waals surface area contributed by atoms with E-state index in [0.717, 1.165) is 22.6 Å². The minimum absolute atomic E-state index is 0. The van der Waals surface area contributed by atoms with Gasteiger partial charge in [-0.05, 0) is 29.7 Å². The van der Waals surface area contributed by atoms with Crippen molar-refractivity contribution in [3.05, 3.63) is 83.3 Å². The summed E-state index contributed by atoms with van der Waals surface area (Å²) < 4.78 is 5.91. The molecule has 29 heavy (non-hydrogen) atoms. The van der Waals surface area contributed by atoms with Crippen LogP contribution in [0.5, 0.6) is 0 Å². The Labute approximate surface area is 182 Å². The van der Waals surface area contributed by atoms with Gasteiger partial charge in [0, 0.05) is 31.8 Å². The summed E-state index contributed by atoms with van der Waals surface area (Å²) in [4.78, 5) is 23.1. The number of pyridine rings is 1. The van der Waals surface area contributed by atoms with Crippen LogP contribution in [0.2, 0.25) is 0 Å². The Kier molecular flexibility index (Phi) is 8.20. The van der Waals surface area contributed by atoms with Crippen molar-refractivity contribution < 1.29 is 9.21 Å². The van der Waals surface area contributed by atoms with Gasteiger partial charge in [0.1, 0.15) is 11.5 Å². The fraction of sp³-hybridized carbons (Fsp3) is 0.286. The molecule has 6 nitrogen and oxygen atoms in total. The van der Waals surface area contributed by atoms with Gasteiger partial charge in [-0.3, -0.25) is 9.78 Å². The molecular formula is C21H24Cl2N4O2. The highest BCUT2D eigenvalue weighted by Crippen LogP contribution is 2.22. The summed E-state index contributed by atoms with van der Waals surface area (Å²) in [5, 5.41) is 0. The number of benzene rings is 1. The van der Waals surface area contributed by atoms with Gasteiger partial charge >= 0.3 is 0 Å². The highest BCUT2D eigenvalue weighted by atomic mass is 35.5. The molecule has 3 heterocycles. The number of nitrogens with zero attached hydrogens (tertiary/aromatic N) is 3. The molecule has 1 atom stereocenters. The van der Waals surface area contributed by atoms with Gasteiger partial charge < -0.3 is 15.1 Å². The van der Waals surface area contributed by atoms with E-state index in [1.54, 1.807) is 17.3 Å². The maximum absolute atomic E-state index is 12.7. The van der Waals surface area contributed by atoms with Crippen LogP contribution >= 0.6 is 24.8 Å². The number of carbonyl (C=O) groups excluding carboxylic acids is 1. The standard InChI is InChI=1S/C21H22N4O2.2ClH/c22-17(12-16-6-9-23-10-7-16)21(26)25-11-8-19-18(14-25)24-20(27-19)13-15-4-2-1-3-5-15;;/h1-7,9-10,17H,8,11-14,22H2;2*1H/t17-;;/m1../s1. The van der Waals surface area contributed by atoms with Crippen LogP contribution in [0.3, 0.4) is 0 Å². The predicted octanol–water partition coefficient (Wildman–Crippen LogP) is 2.96. The Hall–Kier alpha value is -2.41. The van der Waals surface area contributed by atoms with Crippen molar-refractivity contribution in [3.63, 3.8) is 0 Å². The molecule has 0 saturated carbocycles. The molecule has 8 heteroatoms. The first-order chi connectivity index (χ1) is 13.2. The van der Waals surface area contributed by atoms with Gasteiger partial charge in [0.25, 0.3) is 0 Å². The van der Waals surface area contributed by atoms with Gasteiger partial charge in [-0.25, -0.2) is 4.98 Å². The van der Waals surface area contributed by atoms with E-state index in [1.165, 1.54) is 0 Å². The van der Waals surface area contributed by atoms with E-state index in [4.69, 9.17) is 10.2 Å². The van der Waals surface area contributed by atoms with E-state index < -0.39 is 6.04 Å². The van der Waals surface area contributed by atoms with Crippen LogP contribution in [0.25, 0.3) is 0 Å². The van der Waals surface area contributed by atoms with Crippen molar-refractivity contribution in [1.82, 2.24) is 14.9 Å². The summed E-state index contributed by atoms with van der Waals surface area (Å²) in [6.45, 7) is 1.06. The molecule has 154 valence electrons. The van der Waals surface area contributed by atoms with Crippen LogP contribution in [-0.4, -0.2) is 33.4 Å². The van der Waals surface area contributed by atoms with Gasteiger partial charge in [0.15, 0.2) is 5.89 Å². The van der Waals surface area contributed by atoms with Crippen LogP contribution < -0.4 is 5.73 Å². The second kappa shape index (κ2) is 10.4. The van der Waals surface area contributed by atoms with Crippen LogP contribution in [-0.2, 0) is 30.6 Å². The molecule has 2 aromatic heterocycles. The van der Waals surface area contributed by atoms with E-state index in [2.05, 4.69) is 22.1 Å². The minimum Gasteiger partial charge on any atom is -0.445 e. The number of amides is 1. The third kappa shape index (κ3) is 5.56. The Morgan fingerprint density at radius 2 is 1.83 bits per heavy atom. The molecule has 0 unspecified atom stereocenters. The number of carbonyl (C=O) groups is 1. The maximum Gasteiger partial charge on any atom is 0.240 e. The zero-order valence-corrected chi connectivity index (χ0v) is 17.5. The van der Waals surface area contributed by atoms with Gasteiger partial charge in [0.05, 0.1) is 12.6 Å². The minimum atomic E-state index is -0.565. The number of oxazole rings is 1. The summed E-state index contributed by atoms with van der Waals surface area (Å²) >= 11 is 0. The summed E-state index contributed by atoms with van der Waals surface area (Å²) in [5.74, 6) is 1.53. The number of aromatic nitrogens is 2. The highest BCUT2D eigenvalue weighted by Gasteiger charge is 2.28. The van der Waals surface area contributed by atoms with Crippen LogP contribution in [0.15, 0.2) is 59.3 Å². The first kappa shape index (κ1) is 22.9.